The fourth-order valence-electron chi connectivity index (χ4n) is 2.37. The molecule has 1 rings (SSSR count). The van der Waals surface area contributed by atoms with Crippen LogP contribution in [0.1, 0.15) is 40.5 Å². The Morgan fingerprint density at radius 3 is 2.56 bits per heavy atom. The normalized spacial score (nSPS) is 25.1. The van der Waals surface area contributed by atoms with Gasteiger partial charge in [0.25, 0.3) is 0 Å². The Labute approximate surface area is 109 Å². The van der Waals surface area contributed by atoms with Gasteiger partial charge in [0, 0.05) is 6.54 Å². The van der Waals surface area contributed by atoms with Crippen LogP contribution < -0.4 is 5.32 Å². The number of allylic oxidation sites excluding steroid dienone is 1. The fraction of sp³-hybridized carbons (Fsp3) is 0.714. The highest BCUT2D eigenvalue weighted by molar-refractivity contribution is 5.97. The molecule has 1 saturated heterocycles. The van der Waals surface area contributed by atoms with E-state index >= 15 is 0 Å². The zero-order valence-corrected chi connectivity index (χ0v) is 11.8. The Bertz CT molecular complexity index is 337. The van der Waals surface area contributed by atoms with Crippen molar-refractivity contribution in [1.29, 1.82) is 0 Å². The second-order valence-electron chi connectivity index (χ2n) is 5.05. The van der Waals surface area contributed by atoms with Gasteiger partial charge in [-0.25, -0.2) is 0 Å². The van der Waals surface area contributed by atoms with E-state index in [1.807, 2.05) is 39.8 Å². The summed E-state index contributed by atoms with van der Waals surface area (Å²) in [5, 5.41) is 2.82. The lowest BCUT2D eigenvalue weighted by atomic mass is 9.96. The summed E-state index contributed by atoms with van der Waals surface area (Å²) < 4.78 is 0. The average Bonchev–Trinajstić information content (AvgIpc) is 2.32. The molecule has 1 heterocycles. The van der Waals surface area contributed by atoms with E-state index in [4.69, 9.17) is 0 Å². The highest BCUT2D eigenvalue weighted by Gasteiger charge is 2.40. The van der Waals surface area contributed by atoms with Gasteiger partial charge in [0.15, 0.2) is 0 Å². The van der Waals surface area contributed by atoms with Crippen molar-refractivity contribution >= 4 is 11.8 Å². The molecule has 18 heavy (non-hydrogen) atoms. The monoisotopic (exact) mass is 252 g/mol. The third kappa shape index (κ3) is 3.12. The number of carbonyl (C=O) groups is 2. The van der Waals surface area contributed by atoms with Crippen LogP contribution >= 0.6 is 0 Å². The van der Waals surface area contributed by atoms with E-state index in [0.717, 1.165) is 6.42 Å². The lowest BCUT2D eigenvalue weighted by Gasteiger charge is -2.40. The van der Waals surface area contributed by atoms with Gasteiger partial charge in [-0.1, -0.05) is 32.9 Å². The van der Waals surface area contributed by atoms with Crippen molar-refractivity contribution in [2.24, 2.45) is 5.92 Å². The molecule has 0 spiro atoms. The largest absolute Gasteiger partial charge is 0.343 e. The van der Waals surface area contributed by atoms with Gasteiger partial charge in [-0.05, 0) is 25.7 Å². The summed E-state index contributed by atoms with van der Waals surface area (Å²) in [6.07, 6.45) is 5.44. The van der Waals surface area contributed by atoms with E-state index < -0.39 is 0 Å². The molecule has 102 valence electrons. The van der Waals surface area contributed by atoms with Gasteiger partial charge in [-0.15, -0.1) is 0 Å². The van der Waals surface area contributed by atoms with Crippen LogP contribution in [0.3, 0.4) is 0 Å². The van der Waals surface area contributed by atoms with Gasteiger partial charge in [-0.3, -0.25) is 9.59 Å². The molecule has 4 nitrogen and oxygen atoms in total. The number of carbonyl (C=O) groups excluding carboxylic acids is 2. The van der Waals surface area contributed by atoms with Crippen molar-refractivity contribution in [1.82, 2.24) is 10.2 Å². The van der Waals surface area contributed by atoms with Crippen LogP contribution in [0.4, 0.5) is 0 Å². The first-order valence-corrected chi connectivity index (χ1v) is 6.74. The molecule has 2 amide bonds. The quantitative estimate of drug-likeness (QED) is 0.757. The molecule has 0 bridgehead atoms. The molecule has 4 heteroatoms. The van der Waals surface area contributed by atoms with Crippen molar-refractivity contribution in [2.75, 3.05) is 6.54 Å². The Kier molecular flexibility index (Phi) is 5.38. The third-order valence-electron chi connectivity index (χ3n) is 3.31. The lowest BCUT2D eigenvalue weighted by Crippen LogP contribution is -2.64. The molecule has 0 aromatic carbocycles. The topological polar surface area (TPSA) is 49.4 Å². The summed E-state index contributed by atoms with van der Waals surface area (Å²) in [6, 6.07) is -0.677. The van der Waals surface area contributed by atoms with Gasteiger partial charge < -0.3 is 10.2 Å². The zero-order valence-electron chi connectivity index (χ0n) is 11.8. The van der Waals surface area contributed by atoms with E-state index in [0.29, 0.717) is 13.0 Å². The number of nitrogens with one attached hydrogen (secondary N) is 1. The standard InChI is InChI=1S/C14H24N2O2/c1-5-7-8-9-16-12(10(3)4)13(17)15-11(6-2)14(16)18/h5,7,10-12H,6,8-9H2,1-4H3,(H,15,17)/b7-5+. The van der Waals surface area contributed by atoms with Gasteiger partial charge in [-0.2, -0.15) is 0 Å². The first-order valence-electron chi connectivity index (χ1n) is 6.74. The van der Waals surface area contributed by atoms with Crippen molar-refractivity contribution in [3.63, 3.8) is 0 Å². The molecule has 1 fully saturated rings. The second-order valence-corrected chi connectivity index (χ2v) is 5.05. The molecule has 0 aromatic heterocycles. The number of nitrogens with zero attached hydrogens (tertiary/aromatic N) is 1. The van der Waals surface area contributed by atoms with Crippen molar-refractivity contribution in [3.8, 4) is 0 Å². The molecular formula is C14H24N2O2. The highest BCUT2D eigenvalue weighted by atomic mass is 16.2. The predicted octanol–water partition coefficient (Wildman–Crippen LogP) is 1.71. The van der Waals surface area contributed by atoms with Gasteiger partial charge in [0.2, 0.25) is 11.8 Å². The van der Waals surface area contributed by atoms with Crippen molar-refractivity contribution in [3.05, 3.63) is 12.2 Å². The molecule has 0 saturated carbocycles. The minimum absolute atomic E-state index is 0.0167. The smallest absolute Gasteiger partial charge is 0.245 e. The summed E-state index contributed by atoms with van der Waals surface area (Å²) in [5.41, 5.74) is 0. The van der Waals surface area contributed by atoms with E-state index in [2.05, 4.69) is 5.32 Å². The molecular weight excluding hydrogens is 228 g/mol. The van der Waals surface area contributed by atoms with E-state index in [9.17, 15) is 9.59 Å². The average molecular weight is 252 g/mol. The fourth-order valence-corrected chi connectivity index (χ4v) is 2.37. The van der Waals surface area contributed by atoms with Crippen molar-refractivity contribution in [2.45, 2.75) is 52.6 Å². The van der Waals surface area contributed by atoms with Gasteiger partial charge >= 0.3 is 0 Å². The highest BCUT2D eigenvalue weighted by Crippen LogP contribution is 2.19. The summed E-state index contributed by atoms with van der Waals surface area (Å²) in [7, 11) is 0. The Balaban J connectivity index is 2.86. The summed E-state index contributed by atoms with van der Waals surface area (Å²) >= 11 is 0. The summed E-state index contributed by atoms with van der Waals surface area (Å²) in [5.74, 6) is 0.176. The minimum atomic E-state index is -0.349. The Morgan fingerprint density at radius 1 is 1.39 bits per heavy atom. The Hall–Kier alpha value is -1.32. The summed E-state index contributed by atoms with van der Waals surface area (Å²) in [4.78, 5) is 26.1. The number of amides is 2. The molecule has 2 unspecified atom stereocenters. The van der Waals surface area contributed by atoms with E-state index in [1.54, 1.807) is 4.90 Å². The van der Waals surface area contributed by atoms with E-state index in [1.165, 1.54) is 0 Å². The van der Waals surface area contributed by atoms with Gasteiger partial charge in [0.1, 0.15) is 12.1 Å². The molecule has 1 aliphatic heterocycles. The first kappa shape index (κ1) is 14.7. The van der Waals surface area contributed by atoms with Crippen molar-refractivity contribution < 1.29 is 9.59 Å². The maximum Gasteiger partial charge on any atom is 0.245 e. The predicted molar refractivity (Wildman–Crippen MR) is 72.0 cm³/mol. The third-order valence-corrected chi connectivity index (χ3v) is 3.31. The Morgan fingerprint density at radius 2 is 2.06 bits per heavy atom. The molecule has 0 aliphatic carbocycles. The van der Waals surface area contributed by atoms with Crippen LogP contribution in [0.2, 0.25) is 0 Å². The molecule has 0 radical (unpaired) electrons. The van der Waals surface area contributed by atoms with Crippen LogP contribution in [0.25, 0.3) is 0 Å². The van der Waals surface area contributed by atoms with Crippen LogP contribution in [-0.4, -0.2) is 35.3 Å². The number of rotatable bonds is 5. The summed E-state index contributed by atoms with van der Waals surface area (Å²) in [6.45, 7) is 8.46. The SMILES string of the molecule is C/C=C/CCN1C(=O)C(CC)NC(=O)C1C(C)C. The number of hydrogen-bond acceptors (Lipinski definition) is 2. The number of piperazine rings is 1. The van der Waals surface area contributed by atoms with Crippen LogP contribution in [0.5, 0.6) is 0 Å². The maximum absolute atomic E-state index is 12.3. The molecule has 0 aromatic rings. The van der Waals surface area contributed by atoms with Crippen LogP contribution in [-0.2, 0) is 9.59 Å². The second kappa shape index (κ2) is 6.57. The number of hydrogen-bond donors (Lipinski definition) is 1. The van der Waals surface area contributed by atoms with Crippen LogP contribution in [0, 0.1) is 5.92 Å². The zero-order chi connectivity index (χ0) is 13.7. The molecule has 1 N–H and O–H groups in total. The first-order chi connectivity index (χ1) is 8.52. The van der Waals surface area contributed by atoms with E-state index in [-0.39, 0.29) is 29.8 Å². The van der Waals surface area contributed by atoms with Gasteiger partial charge in [0.05, 0.1) is 0 Å². The van der Waals surface area contributed by atoms with Crippen LogP contribution in [0.15, 0.2) is 12.2 Å². The maximum atomic E-state index is 12.3. The molecule has 2 atom stereocenters. The minimum Gasteiger partial charge on any atom is -0.343 e. The molecule has 1 aliphatic rings. The lowest BCUT2D eigenvalue weighted by molar-refractivity contribution is -0.151.